The lowest BCUT2D eigenvalue weighted by molar-refractivity contribution is -0.116. The topological polar surface area (TPSA) is 49.4 Å². The van der Waals surface area contributed by atoms with Crippen LogP contribution in [0, 0.1) is 0 Å². The van der Waals surface area contributed by atoms with Crippen molar-refractivity contribution < 1.29 is 9.59 Å². The number of hydrogen-bond donors (Lipinski definition) is 1. The number of amides is 2. The molecule has 0 spiro atoms. The molecule has 5 heteroatoms. The van der Waals surface area contributed by atoms with E-state index in [4.69, 9.17) is 0 Å². The first kappa shape index (κ1) is 22.8. The Bertz CT molecular complexity index is 723. The van der Waals surface area contributed by atoms with Crippen molar-refractivity contribution >= 4 is 34.3 Å². The molecule has 2 amide bonds. The standard InChI is InChI=1S/C24H30N2O2S/c1-2-3-4-5-6-13-19-25-23(27)18-20-29-24(28)26(21-14-9-7-10-15-21)22-16-11-8-12-17-22/h7-12,14-18,20H,2-6,13,19H2,1H3,(H,25,27). The molecule has 0 radical (unpaired) electrons. The highest BCUT2D eigenvalue weighted by molar-refractivity contribution is 8.16. The van der Waals surface area contributed by atoms with Crippen LogP contribution in [-0.2, 0) is 4.79 Å². The Balaban J connectivity index is 1.83. The zero-order valence-corrected chi connectivity index (χ0v) is 17.9. The second kappa shape index (κ2) is 13.6. The van der Waals surface area contributed by atoms with E-state index in [1.54, 1.807) is 10.3 Å². The molecule has 0 atom stereocenters. The molecule has 154 valence electrons. The number of benzene rings is 2. The summed E-state index contributed by atoms with van der Waals surface area (Å²) in [4.78, 5) is 26.4. The highest BCUT2D eigenvalue weighted by Crippen LogP contribution is 2.29. The van der Waals surface area contributed by atoms with Crippen molar-refractivity contribution in [1.82, 2.24) is 5.32 Å². The average molecular weight is 411 g/mol. The fraction of sp³-hybridized carbons (Fsp3) is 0.333. The highest BCUT2D eigenvalue weighted by atomic mass is 32.2. The maximum absolute atomic E-state index is 12.8. The predicted molar refractivity (Wildman–Crippen MR) is 124 cm³/mol. The summed E-state index contributed by atoms with van der Waals surface area (Å²) in [7, 11) is 0. The Morgan fingerprint density at radius 1 is 0.862 bits per heavy atom. The smallest absolute Gasteiger partial charge is 0.294 e. The third-order valence-electron chi connectivity index (χ3n) is 4.43. The van der Waals surface area contributed by atoms with Crippen molar-refractivity contribution in [3.05, 3.63) is 72.1 Å². The lowest BCUT2D eigenvalue weighted by Crippen LogP contribution is -2.22. The van der Waals surface area contributed by atoms with Crippen LogP contribution in [0.25, 0.3) is 0 Å². The summed E-state index contributed by atoms with van der Waals surface area (Å²) < 4.78 is 0. The van der Waals surface area contributed by atoms with Crippen molar-refractivity contribution in [3.63, 3.8) is 0 Å². The second-order valence-electron chi connectivity index (χ2n) is 6.75. The van der Waals surface area contributed by atoms with Crippen molar-refractivity contribution in [2.45, 2.75) is 45.4 Å². The van der Waals surface area contributed by atoms with E-state index < -0.39 is 0 Å². The summed E-state index contributed by atoms with van der Waals surface area (Å²) >= 11 is 1.00. The minimum atomic E-state index is -0.164. The Morgan fingerprint density at radius 3 is 2.00 bits per heavy atom. The van der Waals surface area contributed by atoms with Crippen LogP contribution in [0.5, 0.6) is 0 Å². The van der Waals surface area contributed by atoms with Gasteiger partial charge in [0.1, 0.15) is 0 Å². The van der Waals surface area contributed by atoms with Crippen molar-refractivity contribution in [2.24, 2.45) is 0 Å². The maximum atomic E-state index is 12.8. The molecule has 2 aromatic rings. The molecule has 1 N–H and O–H groups in total. The van der Waals surface area contributed by atoms with Gasteiger partial charge in [0.25, 0.3) is 5.24 Å². The number of rotatable bonds is 11. The van der Waals surface area contributed by atoms with Gasteiger partial charge >= 0.3 is 0 Å². The van der Waals surface area contributed by atoms with Gasteiger partial charge in [-0.25, -0.2) is 0 Å². The number of nitrogens with zero attached hydrogens (tertiary/aromatic N) is 1. The number of unbranched alkanes of at least 4 members (excludes halogenated alkanes) is 5. The van der Waals surface area contributed by atoms with Gasteiger partial charge < -0.3 is 5.32 Å². The summed E-state index contributed by atoms with van der Waals surface area (Å²) in [5.74, 6) is -0.162. The van der Waals surface area contributed by atoms with Crippen LogP contribution in [0.3, 0.4) is 0 Å². The number of anilines is 2. The van der Waals surface area contributed by atoms with Crippen LogP contribution in [0.4, 0.5) is 16.2 Å². The fourth-order valence-corrected chi connectivity index (χ4v) is 3.52. The lowest BCUT2D eigenvalue weighted by Gasteiger charge is -2.21. The molecule has 0 aliphatic carbocycles. The van der Waals surface area contributed by atoms with Crippen molar-refractivity contribution in [3.8, 4) is 0 Å². The number of hydrogen-bond acceptors (Lipinski definition) is 3. The van der Waals surface area contributed by atoms with E-state index in [0.29, 0.717) is 6.54 Å². The van der Waals surface area contributed by atoms with Crippen LogP contribution in [0.1, 0.15) is 45.4 Å². The third-order valence-corrected chi connectivity index (χ3v) is 5.09. The van der Waals surface area contributed by atoms with E-state index in [2.05, 4.69) is 12.2 Å². The number of carbonyl (C=O) groups is 2. The van der Waals surface area contributed by atoms with E-state index in [0.717, 1.165) is 36.0 Å². The van der Waals surface area contributed by atoms with Crippen LogP contribution >= 0.6 is 11.8 Å². The van der Waals surface area contributed by atoms with Gasteiger partial charge in [-0.2, -0.15) is 0 Å². The van der Waals surface area contributed by atoms with Crippen LogP contribution < -0.4 is 10.2 Å². The highest BCUT2D eigenvalue weighted by Gasteiger charge is 2.17. The molecule has 2 aromatic carbocycles. The molecule has 0 heterocycles. The van der Waals surface area contributed by atoms with Crippen LogP contribution in [-0.4, -0.2) is 17.7 Å². The summed E-state index contributed by atoms with van der Waals surface area (Å²) in [6.45, 7) is 2.88. The van der Waals surface area contributed by atoms with Crippen molar-refractivity contribution in [1.29, 1.82) is 0 Å². The van der Waals surface area contributed by atoms with Gasteiger partial charge in [-0.05, 0) is 47.9 Å². The van der Waals surface area contributed by atoms with Gasteiger partial charge in [0.15, 0.2) is 0 Å². The molecule has 0 aliphatic rings. The molecule has 0 saturated carbocycles. The third kappa shape index (κ3) is 8.57. The van der Waals surface area contributed by atoms with Gasteiger partial charge in [0.2, 0.25) is 5.91 Å². The zero-order valence-electron chi connectivity index (χ0n) is 17.0. The molecule has 0 unspecified atom stereocenters. The van der Waals surface area contributed by atoms with E-state index >= 15 is 0 Å². The minimum Gasteiger partial charge on any atom is -0.353 e. The summed E-state index contributed by atoms with van der Waals surface area (Å²) in [6, 6.07) is 19.0. The molecular formula is C24H30N2O2S. The Kier molecular flexibility index (Phi) is 10.7. The normalized spacial score (nSPS) is 10.8. The SMILES string of the molecule is CCCCCCCCNC(=O)C=CSC(=O)N(c1ccccc1)c1ccccc1. The summed E-state index contributed by atoms with van der Waals surface area (Å²) in [6.07, 6.45) is 8.56. The zero-order chi connectivity index (χ0) is 20.7. The van der Waals surface area contributed by atoms with E-state index in [1.807, 2.05) is 60.7 Å². The first-order chi connectivity index (χ1) is 14.2. The number of para-hydroxylation sites is 2. The Morgan fingerprint density at radius 2 is 1.41 bits per heavy atom. The fourth-order valence-electron chi connectivity index (χ4n) is 2.90. The van der Waals surface area contributed by atoms with Gasteiger partial charge in [-0.1, -0.05) is 75.4 Å². The predicted octanol–water partition coefficient (Wildman–Crippen LogP) is 6.67. The maximum Gasteiger partial charge on any atom is 0.294 e. The molecule has 0 aromatic heterocycles. The van der Waals surface area contributed by atoms with Gasteiger partial charge in [0.05, 0.1) is 0 Å². The molecule has 2 rings (SSSR count). The number of carbonyl (C=O) groups excluding carboxylic acids is 2. The molecule has 29 heavy (non-hydrogen) atoms. The average Bonchev–Trinajstić information content (AvgIpc) is 2.75. The molecule has 0 fully saturated rings. The Labute approximate surface area is 178 Å². The first-order valence-electron chi connectivity index (χ1n) is 10.3. The molecule has 4 nitrogen and oxygen atoms in total. The van der Waals surface area contributed by atoms with E-state index in [-0.39, 0.29) is 11.1 Å². The monoisotopic (exact) mass is 410 g/mol. The first-order valence-corrected chi connectivity index (χ1v) is 11.2. The van der Waals surface area contributed by atoms with E-state index in [9.17, 15) is 9.59 Å². The molecule has 0 saturated heterocycles. The minimum absolute atomic E-state index is 0.162. The second-order valence-corrected chi connectivity index (χ2v) is 7.61. The van der Waals surface area contributed by atoms with Gasteiger partial charge in [-0.3, -0.25) is 14.5 Å². The quantitative estimate of drug-likeness (QED) is 0.332. The lowest BCUT2D eigenvalue weighted by atomic mass is 10.1. The van der Waals surface area contributed by atoms with Crippen molar-refractivity contribution in [2.75, 3.05) is 11.4 Å². The van der Waals surface area contributed by atoms with Gasteiger partial charge in [0, 0.05) is 24.0 Å². The number of thioether (sulfide) groups is 1. The molecular weight excluding hydrogens is 380 g/mol. The van der Waals surface area contributed by atoms with Crippen LogP contribution in [0.2, 0.25) is 0 Å². The summed E-state index contributed by atoms with van der Waals surface area (Å²) in [5.41, 5.74) is 1.58. The molecule has 0 aliphatic heterocycles. The largest absolute Gasteiger partial charge is 0.353 e. The number of nitrogens with one attached hydrogen (secondary N) is 1. The van der Waals surface area contributed by atoms with Gasteiger partial charge in [-0.15, -0.1) is 0 Å². The summed E-state index contributed by atoms with van der Waals surface area (Å²) in [5, 5.41) is 4.26. The Hall–Kier alpha value is -2.53. The van der Waals surface area contributed by atoms with E-state index in [1.165, 1.54) is 31.8 Å². The van der Waals surface area contributed by atoms with Crippen LogP contribution in [0.15, 0.2) is 72.1 Å². The molecule has 0 bridgehead atoms.